The van der Waals surface area contributed by atoms with Crippen LogP contribution in [0.25, 0.3) is 0 Å². The summed E-state index contributed by atoms with van der Waals surface area (Å²) in [6.07, 6.45) is 6.46. The molecule has 17 heavy (non-hydrogen) atoms. The predicted molar refractivity (Wildman–Crippen MR) is 71.3 cm³/mol. The van der Waals surface area contributed by atoms with E-state index >= 15 is 0 Å². The fourth-order valence-electron chi connectivity index (χ4n) is 2.58. The topological polar surface area (TPSA) is 0 Å². The highest BCUT2D eigenvalue weighted by Gasteiger charge is 2.19. The van der Waals surface area contributed by atoms with Crippen molar-refractivity contribution in [1.82, 2.24) is 0 Å². The third-order valence-corrected chi connectivity index (χ3v) is 4.12. The van der Waals surface area contributed by atoms with E-state index in [9.17, 15) is 4.39 Å². The Morgan fingerprint density at radius 2 is 2.00 bits per heavy atom. The molecule has 0 radical (unpaired) electrons. The number of hydrogen-bond acceptors (Lipinski definition) is 0. The Labute approximate surface area is 112 Å². The first kappa shape index (κ1) is 13.2. The number of halogens is 3. The lowest BCUT2D eigenvalue weighted by atomic mass is 9.92. The summed E-state index contributed by atoms with van der Waals surface area (Å²) in [5.74, 6) is 0.323. The lowest BCUT2D eigenvalue weighted by Crippen LogP contribution is -2.09. The smallest absolute Gasteiger partial charge is 0.127 e. The van der Waals surface area contributed by atoms with Gasteiger partial charge in [0, 0.05) is 10.4 Å². The van der Waals surface area contributed by atoms with Gasteiger partial charge in [0.15, 0.2) is 0 Å². The van der Waals surface area contributed by atoms with Gasteiger partial charge in [0.2, 0.25) is 0 Å². The molecule has 1 saturated carbocycles. The van der Waals surface area contributed by atoms with E-state index in [1.807, 2.05) is 0 Å². The van der Waals surface area contributed by atoms with Crippen molar-refractivity contribution in [3.8, 4) is 0 Å². The maximum Gasteiger partial charge on any atom is 0.127 e. The molecule has 0 nitrogen and oxygen atoms in total. The van der Waals surface area contributed by atoms with E-state index in [0.717, 1.165) is 31.2 Å². The van der Waals surface area contributed by atoms with Crippen molar-refractivity contribution in [2.75, 3.05) is 0 Å². The average Bonchev–Trinajstić information content (AvgIpc) is 2.47. The van der Waals surface area contributed by atoms with Crippen LogP contribution in [-0.2, 0) is 6.42 Å². The molecule has 0 bridgehead atoms. The third-order valence-electron chi connectivity index (χ3n) is 3.49. The third kappa shape index (κ3) is 3.86. The molecule has 0 aliphatic heterocycles. The zero-order valence-corrected chi connectivity index (χ0v) is 11.3. The Balaban J connectivity index is 2.03. The van der Waals surface area contributed by atoms with Crippen LogP contribution in [0.3, 0.4) is 0 Å². The summed E-state index contributed by atoms with van der Waals surface area (Å²) in [5.41, 5.74) is 0.769. The van der Waals surface area contributed by atoms with Crippen LogP contribution >= 0.6 is 23.2 Å². The van der Waals surface area contributed by atoms with Gasteiger partial charge in [0.05, 0.1) is 0 Å². The monoisotopic (exact) mass is 274 g/mol. The van der Waals surface area contributed by atoms with Crippen molar-refractivity contribution in [3.05, 3.63) is 34.6 Å². The molecule has 0 aromatic heterocycles. The van der Waals surface area contributed by atoms with Gasteiger partial charge in [-0.1, -0.05) is 36.9 Å². The van der Waals surface area contributed by atoms with E-state index in [2.05, 4.69) is 0 Å². The van der Waals surface area contributed by atoms with Crippen LogP contribution in [0.15, 0.2) is 18.2 Å². The van der Waals surface area contributed by atoms with Gasteiger partial charge in [0.25, 0.3) is 0 Å². The van der Waals surface area contributed by atoms with E-state index in [0.29, 0.717) is 10.9 Å². The van der Waals surface area contributed by atoms with Gasteiger partial charge in [0.1, 0.15) is 5.82 Å². The second kappa shape index (κ2) is 6.06. The van der Waals surface area contributed by atoms with Crippen molar-refractivity contribution >= 4 is 23.2 Å². The lowest BCUT2D eigenvalue weighted by Gasteiger charge is -2.16. The zero-order chi connectivity index (χ0) is 12.3. The average molecular weight is 275 g/mol. The second-order valence-electron chi connectivity index (χ2n) is 4.92. The number of rotatable bonds is 2. The molecule has 2 unspecified atom stereocenters. The molecule has 1 aromatic carbocycles. The molecule has 94 valence electrons. The second-order valence-corrected chi connectivity index (χ2v) is 5.98. The largest absolute Gasteiger partial charge is 0.207 e. The summed E-state index contributed by atoms with van der Waals surface area (Å²) < 4.78 is 13.7. The molecule has 0 N–H and O–H groups in total. The van der Waals surface area contributed by atoms with E-state index in [1.165, 1.54) is 18.9 Å². The van der Waals surface area contributed by atoms with Gasteiger partial charge >= 0.3 is 0 Å². The van der Waals surface area contributed by atoms with Gasteiger partial charge in [-0.2, -0.15) is 0 Å². The Hall–Kier alpha value is -0.270. The first-order valence-electron chi connectivity index (χ1n) is 6.23. The van der Waals surface area contributed by atoms with Crippen LogP contribution in [0.4, 0.5) is 4.39 Å². The standard InChI is InChI=1S/C14H17Cl2F/c15-12-4-2-1-3-10(8-12)7-11-5-6-13(16)9-14(11)17/h5-6,9-10,12H,1-4,7-8H2. The first-order valence-corrected chi connectivity index (χ1v) is 7.04. The maximum absolute atomic E-state index is 13.7. The van der Waals surface area contributed by atoms with Gasteiger partial charge in [-0.15, -0.1) is 11.6 Å². The molecule has 1 aromatic rings. The summed E-state index contributed by atoms with van der Waals surface area (Å²) >= 11 is 12.0. The van der Waals surface area contributed by atoms with Crippen molar-refractivity contribution < 1.29 is 4.39 Å². The number of benzene rings is 1. The Morgan fingerprint density at radius 1 is 1.24 bits per heavy atom. The van der Waals surface area contributed by atoms with Gasteiger partial charge in [-0.25, -0.2) is 4.39 Å². The van der Waals surface area contributed by atoms with Crippen molar-refractivity contribution in [3.63, 3.8) is 0 Å². The molecule has 2 atom stereocenters. The van der Waals surface area contributed by atoms with Gasteiger partial charge in [-0.05, 0) is 42.9 Å². The fourth-order valence-corrected chi connectivity index (χ4v) is 3.14. The summed E-state index contributed by atoms with van der Waals surface area (Å²) in [6.45, 7) is 0. The minimum Gasteiger partial charge on any atom is -0.207 e. The summed E-state index contributed by atoms with van der Waals surface area (Å²) in [7, 11) is 0. The lowest BCUT2D eigenvalue weighted by molar-refractivity contribution is 0.450. The van der Waals surface area contributed by atoms with Crippen molar-refractivity contribution in [1.29, 1.82) is 0 Å². The van der Waals surface area contributed by atoms with Crippen LogP contribution in [0, 0.1) is 11.7 Å². The molecule has 0 amide bonds. The molecule has 0 saturated heterocycles. The summed E-state index contributed by atoms with van der Waals surface area (Å²) in [4.78, 5) is 0. The van der Waals surface area contributed by atoms with Crippen LogP contribution in [0.5, 0.6) is 0 Å². The van der Waals surface area contributed by atoms with Crippen molar-refractivity contribution in [2.45, 2.75) is 43.9 Å². The van der Waals surface area contributed by atoms with E-state index in [-0.39, 0.29) is 11.2 Å². The molecular weight excluding hydrogens is 258 g/mol. The fraction of sp³-hybridized carbons (Fsp3) is 0.571. The molecule has 2 rings (SSSR count). The van der Waals surface area contributed by atoms with Crippen LogP contribution in [0.1, 0.15) is 37.7 Å². The van der Waals surface area contributed by atoms with Crippen LogP contribution in [-0.4, -0.2) is 5.38 Å². The Kier molecular flexibility index (Phi) is 4.69. The highest BCUT2D eigenvalue weighted by molar-refractivity contribution is 6.30. The van der Waals surface area contributed by atoms with Gasteiger partial charge < -0.3 is 0 Å². The minimum atomic E-state index is -0.187. The molecular formula is C14H17Cl2F. The highest BCUT2D eigenvalue weighted by atomic mass is 35.5. The maximum atomic E-state index is 13.7. The van der Waals surface area contributed by atoms with E-state index in [4.69, 9.17) is 23.2 Å². The minimum absolute atomic E-state index is 0.187. The predicted octanol–water partition coefficient (Wildman–Crippen LogP) is 5.21. The van der Waals surface area contributed by atoms with Crippen molar-refractivity contribution in [2.24, 2.45) is 5.92 Å². The SMILES string of the molecule is Fc1cc(Cl)ccc1CC1CCCCC(Cl)C1. The molecule has 3 heteroatoms. The quantitative estimate of drug-likeness (QED) is 0.513. The number of alkyl halides is 1. The molecule has 0 heterocycles. The Bertz CT molecular complexity index is 378. The van der Waals surface area contributed by atoms with Gasteiger partial charge in [-0.3, -0.25) is 0 Å². The van der Waals surface area contributed by atoms with E-state index < -0.39 is 0 Å². The van der Waals surface area contributed by atoms with Crippen LogP contribution < -0.4 is 0 Å². The summed E-state index contributed by atoms with van der Waals surface area (Å²) in [5, 5.41) is 0.722. The highest BCUT2D eigenvalue weighted by Crippen LogP contribution is 2.30. The summed E-state index contributed by atoms with van der Waals surface area (Å²) in [6, 6.07) is 4.95. The Morgan fingerprint density at radius 3 is 2.76 bits per heavy atom. The number of hydrogen-bond donors (Lipinski definition) is 0. The molecule has 1 aliphatic rings. The normalized spacial score (nSPS) is 25.6. The molecule has 0 spiro atoms. The van der Waals surface area contributed by atoms with Crippen LogP contribution in [0.2, 0.25) is 5.02 Å². The molecule has 1 aliphatic carbocycles. The van der Waals surface area contributed by atoms with E-state index in [1.54, 1.807) is 12.1 Å². The molecule has 1 fully saturated rings. The first-order chi connectivity index (χ1) is 8.15. The zero-order valence-electron chi connectivity index (χ0n) is 9.76.